The molecule has 3 aromatic rings. The number of carboxylic acids is 1. The van der Waals surface area contributed by atoms with E-state index < -0.39 is 5.97 Å². The van der Waals surface area contributed by atoms with E-state index >= 15 is 0 Å². The fourth-order valence-electron chi connectivity index (χ4n) is 3.47. The van der Waals surface area contributed by atoms with E-state index in [4.69, 9.17) is 23.2 Å². The normalized spacial score (nSPS) is 16.6. The Morgan fingerprint density at radius 2 is 1.96 bits per heavy atom. The van der Waals surface area contributed by atoms with E-state index in [1.54, 1.807) is 18.2 Å². The summed E-state index contributed by atoms with van der Waals surface area (Å²) < 4.78 is 0. The van der Waals surface area contributed by atoms with Crippen molar-refractivity contribution in [1.29, 1.82) is 0 Å². The third-order valence-corrected chi connectivity index (χ3v) is 5.24. The number of anilines is 2. The predicted molar refractivity (Wildman–Crippen MR) is 108 cm³/mol. The molecule has 27 heavy (non-hydrogen) atoms. The first kappa shape index (κ1) is 18.0. The van der Waals surface area contributed by atoms with Crippen molar-refractivity contribution in [3.63, 3.8) is 0 Å². The first-order valence-corrected chi connectivity index (χ1v) is 9.40. The van der Waals surface area contributed by atoms with E-state index in [1.807, 2.05) is 18.3 Å². The molecule has 1 aliphatic heterocycles. The molecular weight excluding hydrogens is 385 g/mol. The molecule has 0 radical (unpaired) electrons. The molecule has 0 bridgehead atoms. The summed E-state index contributed by atoms with van der Waals surface area (Å²) in [4.78, 5) is 16.2. The standard InChI is InChI=1S/C20H17Cl2N3O2/c21-11-3-5-17-13(8-11)19(15(10-24-17)16-2-1-7-23-16)25-18-6-4-12(22)9-14(18)20(26)27/h3-6,8-10,16,23H,1-2,7H2,(H,24,25)(H,26,27). The molecule has 7 heteroatoms. The van der Waals surface area contributed by atoms with E-state index in [9.17, 15) is 9.90 Å². The summed E-state index contributed by atoms with van der Waals surface area (Å²) in [6, 6.07) is 10.4. The molecule has 138 valence electrons. The summed E-state index contributed by atoms with van der Waals surface area (Å²) in [6.07, 6.45) is 3.92. The van der Waals surface area contributed by atoms with Gasteiger partial charge in [-0.3, -0.25) is 4.98 Å². The highest BCUT2D eigenvalue weighted by Gasteiger charge is 2.23. The van der Waals surface area contributed by atoms with Gasteiger partial charge in [-0.05, 0) is 55.8 Å². The molecule has 0 spiro atoms. The fraction of sp³-hybridized carbons (Fsp3) is 0.200. The first-order chi connectivity index (χ1) is 13.0. The third kappa shape index (κ3) is 3.58. The zero-order chi connectivity index (χ0) is 19.0. The van der Waals surface area contributed by atoms with Gasteiger partial charge >= 0.3 is 5.97 Å². The van der Waals surface area contributed by atoms with E-state index in [0.29, 0.717) is 15.7 Å². The lowest BCUT2D eigenvalue weighted by atomic mass is 10.0. The molecule has 4 rings (SSSR count). The van der Waals surface area contributed by atoms with Crippen molar-refractivity contribution in [1.82, 2.24) is 10.3 Å². The number of nitrogens with one attached hydrogen (secondary N) is 2. The Labute approximate surface area is 166 Å². The molecular formula is C20H17Cl2N3O2. The van der Waals surface area contributed by atoms with Crippen molar-refractivity contribution in [3.8, 4) is 0 Å². The molecule has 1 atom stereocenters. The van der Waals surface area contributed by atoms with Crippen LogP contribution in [0.15, 0.2) is 42.6 Å². The highest BCUT2D eigenvalue weighted by atomic mass is 35.5. The molecule has 3 N–H and O–H groups in total. The Hall–Kier alpha value is -2.34. The first-order valence-electron chi connectivity index (χ1n) is 8.64. The average Bonchev–Trinajstić information content (AvgIpc) is 3.17. The van der Waals surface area contributed by atoms with Crippen molar-refractivity contribution >= 4 is 51.4 Å². The summed E-state index contributed by atoms with van der Waals surface area (Å²) in [5, 5.41) is 18.2. The van der Waals surface area contributed by atoms with Crippen LogP contribution in [-0.4, -0.2) is 22.6 Å². The number of carbonyl (C=O) groups is 1. The van der Waals surface area contributed by atoms with E-state index in [2.05, 4.69) is 15.6 Å². The number of aromatic carboxylic acids is 1. The maximum atomic E-state index is 11.7. The number of aromatic nitrogens is 1. The molecule has 1 fully saturated rings. The molecule has 0 amide bonds. The largest absolute Gasteiger partial charge is 0.478 e. The zero-order valence-corrected chi connectivity index (χ0v) is 15.8. The monoisotopic (exact) mass is 401 g/mol. The molecule has 1 aliphatic rings. The number of pyridine rings is 1. The van der Waals surface area contributed by atoms with Gasteiger partial charge in [-0.25, -0.2) is 4.79 Å². The van der Waals surface area contributed by atoms with Gasteiger partial charge in [0.1, 0.15) is 0 Å². The van der Waals surface area contributed by atoms with Crippen molar-refractivity contribution in [2.75, 3.05) is 11.9 Å². The van der Waals surface area contributed by atoms with Gasteiger partial charge in [0, 0.05) is 33.2 Å². The van der Waals surface area contributed by atoms with Crippen LogP contribution in [0.1, 0.15) is 34.8 Å². The number of nitrogens with zero attached hydrogens (tertiary/aromatic N) is 1. The van der Waals surface area contributed by atoms with Gasteiger partial charge in [-0.2, -0.15) is 0 Å². The van der Waals surface area contributed by atoms with Crippen LogP contribution in [0.3, 0.4) is 0 Å². The van der Waals surface area contributed by atoms with Gasteiger partial charge in [0.15, 0.2) is 0 Å². The smallest absolute Gasteiger partial charge is 0.337 e. The number of hydrogen-bond donors (Lipinski definition) is 3. The van der Waals surface area contributed by atoms with Crippen molar-refractivity contribution < 1.29 is 9.90 Å². The van der Waals surface area contributed by atoms with Crippen molar-refractivity contribution in [3.05, 3.63) is 63.8 Å². The average molecular weight is 402 g/mol. The van der Waals surface area contributed by atoms with E-state index in [1.165, 1.54) is 6.07 Å². The maximum Gasteiger partial charge on any atom is 0.337 e. The minimum absolute atomic E-state index is 0.111. The van der Waals surface area contributed by atoms with Crippen LogP contribution in [0, 0.1) is 0 Å². The quantitative estimate of drug-likeness (QED) is 0.544. The highest BCUT2D eigenvalue weighted by Crippen LogP contribution is 2.37. The molecule has 1 aromatic heterocycles. The molecule has 2 heterocycles. The Morgan fingerprint density at radius 3 is 2.70 bits per heavy atom. The van der Waals surface area contributed by atoms with Crippen LogP contribution >= 0.6 is 23.2 Å². The summed E-state index contributed by atoms with van der Waals surface area (Å²) >= 11 is 12.2. The molecule has 1 unspecified atom stereocenters. The SMILES string of the molecule is O=C(O)c1cc(Cl)ccc1Nc1c(C2CCCN2)cnc2ccc(Cl)cc12. The van der Waals surface area contributed by atoms with Crippen LogP contribution in [-0.2, 0) is 0 Å². The number of rotatable bonds is 4. The molecule has 0 saturated carbocycles. The summed E-state index contributed by atoms with van der Waals surface area (Å²) in [5.41, 5.74) is 3.17. The molecule has 2 aromatic carbocycles. The lowest BCUT2D eigenvalue weighted by Crippen LogP contribution is -2.15. The second kappa shape index (κ2) is 7.35. The molecule has 1 saturated heterocycles. The molecule has 5 nitrogen and oxygen atoms in total. The van der Waals surface area contributed by atoms with Crippen LogP contribution in [0.25, 0.3) is 10.9 Å². The lowest BCUT2D eigenvalue weighted by Gasteiger charge is -2.20. The van der Waals surface area contributed by atoms with Crippen molar-refractivity contribution in [2.45, 2.75) is 18.9 Å². The van der Waals surface area contributed by atoms with Gasteiger partial charge < -0.3 is 15.7 Å². The van der Waals surface area contributed by atoms with Gasteiger partial charge in [0.2, 0.25) is 0 Å². The van der Waals surface area contributed by atoms with E-state index in [0.717, 1.165) is 41.5 Å². The Kier molecular flexibility index (Phi) is 4.91. The molecule has 0 aliphatic carbocycles. The van der Waals surface area contributed by atoms with Crippen LogP contribution in [0.4, 0.5) is 11.4 Å². The second-order valence-electron chi connectivity index (χ2n) is 6.52. The zero-order valence-electron chi connectivity index (χ0n) is 14.3. The topological polar surface area (TPSA) is 74.2 Å². The minimum atomic E-state index is -1.04. The number of halogens is 2. The van der Waals surface area contributed by atoms with Gasteiger partial charge in [-0.15, -0.1) is 0 Å². The van der Waals surface area contributed by atoms with Crippen LogP contribution in [0.5, 0.6) is 0 Å². The summed E-state index contributed by atoms with van der Waals surface area (Å²) in [5.74, 6) is -1.04. The Bertz CT molecular complexity index is 1030. The lowest BCUT2D eigenvalue weighted by molar-refractivity contribution is 0.0698. The number of hydrogen-bond acceptors (Lipinski definition) is 4. The maximum absolute atomic E-state index is 11.7. The minimum Gasteiger partial charge on any atom is -0.478 e. The Morgan fingerprint density at radius 1 is 1.19 bits per heavy atom. The number of carboxylic acid groups (broad SMARTS) is 1. The van der Waals surface area contributed by atoms with Gasteiger partial charge in [0.05, 0.1) is 22.5 Å². The second-order valence-corrected chi connectivity index (χ2v) is 7.39. The predicted octanol–water partition coefficient (Wildman–Crippen LogP) is 5.41. The fourth-order valence-corrected chi connectivity index (χ4v) is 3.82. The van der Waals surface area contributed by atoms with Crippen LogP contribution < -0.4 is 10.6 Å². The van der Waals surface area contributed by atoms with Crippen molar-refractivity contribution in [2.24, 2.45) is 0 Å². The van der Waals surface area contributed by atoms with Gasteiger partial charge in [-0.1, -0.05) is 23.2 Å². The van der Waals surface area contributed by atoms with E-state index in [-0.39, 0.29) is 11.6 Å². The summed E-state index contributed by atoms with van der Waals surface area (Å²) in [7, 11) is 0. The summed E-state index contributed by atoms with van der Waals surface area (Å²) in [6.45, 7) is 0.943. The van der Waals surface area contributed by atoms with Gasteiger partial charge in [0.25, 0.3) is 0 Å². The Balaban J connectivity index is 1.90. The van der Waals surface area contributed by atoms with Crippen LogP contribution in [0.2, 0.25) is 10.0 Å². The third-order valence-electron chi connectivity index (χ3n) is 4.77. The highest BCUT2D eigenvalue weighted by molar-refractivity contribution is 6.31. The number of benzene rings is 2. The number of fused-ring (bicyclic) bond motifs is 1.